The van der Waals surface area contributed by atoms with Crippen molar-refractivity contribution in [1.82, 2.24) is 37.7 Å². The maximum atomic E-state index is 13.8. The summed E-state index contributed by atoms with van der Waals surface area (Å²) < 4.78 is 80.8. The molecule has 0 atom stereocenters. The van der Waals surface area contributed by atoms with Crippen LogP contribution in [-0.2, 0) is 54.8 Å². The molecule has 0 amide bonds. The van der Waals surface area contributed by atoms with Crippen LogP contribution in [0.2, 0.25) is 0 Å². The maximum absolute atomic E-state index is 13.8. The minimum Gasteiger partial charge on any atom is -0.0622 e. The van der Waals surface area contributed by atoms with Crippen molar-refractivity contribution < 1.29 is 51.6 Å². The Morgan fingerprint density at radius 3 is 1.14 bits per heavy atom. The summed E-state index contributed by atoms with van der Waals surface area (Å²) in [5.74, 6) is 0.903. The number of thiazole rings is 2. The molecule has 0 N–H and O–H groups in total. The first-order chi connectivity index (χ1) is 64.8. The molecule has 5 aliphatic heterocycles. The Labute approximate surface area is 826 Å². The fourth-order valence-electron chi connectivity index (χ4n) is 18.6. The van der Waals surface area contributed by atoms with Crippen LogP contribution in [0.1, 0.15) is 141 Å². The Kier molecular flexibility index (Phi) is 35.0. The number of hydrogen-bond acceptors (Lipinski definition) is 18. The molecule has 5 saturated heterocycles. The Bertz CT molecular complexity index is 5900. The van der Waals surface area contributed by atoms with Crippen LogP contribution in [0.15, 0.2) is 300 Å². The maximum Gasteiger partial charge on any atom is -0.0134 e. The predicted molar refractivity (Wildman–Crippen MR) is 558 cm³/mol. The van der Waals surface area contributed by atoms with Crippen LogP contribution >= 0.6 is 80.2 Å². The summed E-state index contributed by atoms with van der Waals surface area (Å²) in [5.41, 5.74) is 5.34. The van der Waals surface area contributed by atoms with Crippen LogP contribution in [0, 0.1) is 3.57 Å². The summed E-state index contributed by atoms with van der Waals surface area (Å²) in [7, 11) is 0.910. The molecule has 0 spiro atoms. The van der Waals surface area contributed by atoms with Gasteiger partial charge in [0.05, 0.1) is 45.5 Å². The minimum absolute atomic E-state index is 0.106. The van der Waals surface area contributed by atoms with Gasteiger partial charge in [0, 0.05) is 133 Å². The summed E-state index contributed by atoms with van der Waals surface area (Å²) in [6.45, 7) is 20.4. The van der Waals surface area contributed by atoms with E-state index in [0.29, 0.717) is 35.2 Å². The molecule has 29 heteroatoms. The molecule has 698 valence electrons. The van der Waals surface area contributed by atoms with E-state index in [4.69, 9.17) is 52.8 Å². The molecule has 6 aromatic heterocycles. The number of ether oxygens (including phenoxy) is 2. The van der Waals surface area contributed by atoms with Crippen molar-refractivity contribution in [1.29, 1.82) is 0 Å². The zero-order chi connectivity index (χ0) is 92.2. The smallest absolute Gasteiger partial charge is 0.0134 e. The molecule has 0 radical (unpaired) electrons. The van der Waals surface area contributed by atoms with Gasteiger partial charge in [-0.2, -0.15) is 0 Å². The van der Waals surface area contributed by atoms with Crippen molar-refractivity contribution in [2.75, 3.05) is 88.6 Å². The number of nitrogens with zero attached hydrogens (tertiary/aromatic N) is 10. The van der Waals surface area contributed by atoms with Crippen molar-refractivity contribution in [3.8, 4) is 11.3 Å². The van der Waals surface area contributed by atoms with Crippen LogP contribution < -0.4 is 47.2 Å². The number of rotatable bonds is 18. The molecule has 7 aliphatic rings. The van der Waals surface area contributed by atoms with Crippen LogP contribution in [0.4, 0.5) is 10.3 Å². The van der Waals surface area contributed by atoms with Crippen LogP contribution in [0.3, 0.4) is 0 Å². The van der Waals surface area contributed by atoms with E-state index in [-0.39, 0.29) is 44.1 Å². The van der Waals surface area contributed by atoms with Crippen molar-refractivity contribution in [2.45, 2.75) is 162 Å². The monoisotopic (exact) mass is 2140 g/mol. The number of halogens is 3. The largest absolute Gasteiger partial charge is 0.0622 e. The summed E-state index contributed by atoms with van der Waals surface area (Å²) in [4.78, 5) is 29.6. The van der Waals surface area contributed by atoms with E-state index >= 15 is 0 Å². The average molecular weight is 2140 g/mol. The topological polar surface area (TPSA) is 180 Å². The molecule has 11 heterocycles. The van der Waals surface area contributed by atoms with Gasteiger partial charge in [0.15, 0.2) is 21.6 Å². The van der Waals surface area contributed by atoms with Crippen molar-refractivity contribution in [3.63, 3.8) is 0 Å². The van der Waals surface area contributed by atoms with Gasteiger partial charge in [-0.05, 0) is 247 Å². The van der Waals surface area contributed by atoms with E-state index in [1.165, 1.54) is 102 Å². The van der Waals surface area contributed by atoms with Crippen molar-refractivity contribution in [2.24, 2.45) is 0 Å². The van der Waals surface area contributed by atoms with Gasteiger partial charge in [-0.3, -0.25) is 9.80 Å². The van der Waals surface area contributed by atoms with Gasteiger partial charge in [0.1, 0.15) is 0 Å². The van der Waals surface area contributed by atoms with Crippen LogP contribution in [0.5, 0.6) is 0 Å². The molecule has 0 unspecified atom stereocenters. The molecule has 14 aromatic rings. The second-order valence-electron chi connectivity index (χ2n) is 35.3. The molecule has 2 aliphatic carbocycles. The molecule has 7 fully saturated rings. The molecule has 18 nitrogen and oxygen atoms in total. The molecule has 8 aromatic carbocycles. The van der Waals surface area contributed by atoms with Crippen molar-refractivity contribution in [3.05, 3.63) is 305 Å². The third kappa shape index (κ3) is 24.6. The Morgan fingerprint density at radius 1 is 0.421 bits per heavy atom. The van der Waals surface area contributed by atoms with Crippen molar-refractivity contribution >= 4 is 177 Å². The zero-order valence-electron chi connectivity index (χ0n) is 75.7. The number of fused-ring (bicyclic) bond motifs is 2. The van der Waals surface area contributed by atoms with E-state index in [1.807, 2.05) is 24.5 Å². The number of aromatic nitrogens is 6. The normalized spacial score (nSPS) is 19.4. The standard InChI is InChI=1S/C31H37N5O3S2.C24H28IN3O3S.2C18H15P.C13H21BN2O2S.2ClH.Pd/c37-41(38,26-7-2-1-3-8-26)36-21-28(29-22-40-31(33-29)35-13-4-5-14-35)27-19-24(20-32-30(27)36)23-9-11-25(12-10-23)34-15-6-17-39-18-16-34;25-23-17-28(32(29,30)21-5-2-1-3-6-21)24-22(23)15-19(16-26-24)18-7-9-20(10-8-18)27-11-4-13-31-14-12-27;2*1-4-10-16(11-5-1)19(17-12-6-2-7-13-17)18-14-8-3-9-15-18;1-12(2)13(3,4)18-14(17-12)10-9-19-11(15-10)16-7-5-6-8-16;;;/h1-3,7-8,19-23,25H,4-6,9-18H2;1-3,5-6,15-18,20H,4,7-14H2;2*1-15H;9H,5-8H2,1-4H3;2*1H;/q;;;;;;;+2/p-2. The van der Waals surface area contributed by atoms with Gasteiger partial charge in [0.25, 0.3) is 20.0 Å². The summed E-state index contributed by atoms with van der Waals surface area (Å²) in [6, 6.07) is 87.4. The van der Waals surface area contributed by atoms with Gasteiger partial charge in [0.2, 0.25) is 0 Å². The van der Waals surface area contributed by atoms with Crippen LogP contribution in [0.25, 0.3) is 33.3 Å². The van der Waals surface area contributed by atoms with E-state index in [1.54, 1.807) is 83.6 Å². The number of hydrogen-bond donors (Lipinski definition) is 0. The first kappa shape index (κ1) is 98.6. The molecular formula is C104H116BCl2IN10O8P2PdS4. The van der Waals surface area contributed by atoms with E-state index < -0.39 is 35.9 Å². The molecule has 133 heavy (non-hydrogen) atoms. The molecule has 0 bridgehead atoms. The van der Waals surface area contributed by atoms with Gasteiger partial charge >= 0.3 is 42.1 Å². The third-order valence-corrected chi connectivity index (χ3v) is 37.2. The Hall–Kier alpha value is -7.44. The first-order valence-electron chi connectivity index (χ1n) is 46.2. The van der Waals surface area contributed by atoms with Gasteiger partial charge < -0.3 is 28.6 Å². The summed E-state index contributed by atoms with van der Waals surface area (Å²) in [5, 5.41) is 16.4. The molecule has 2 saturated carbocycles. The second kappa shape index (κ2) is 47.3. The quantitative estimate of drug-likeness (QED) is 0.0449. The third-order valence-electron chi connectivity index (χ3n) is 26.3. The predicted octanol–water partition coefficient (Wildman–Crippen LogP) is 20.7. The number of pyridine rings is 2. The Morgan fingerprint density at radius 2 is 0.759 bits per heavy atom. The minimum atomic E-state index is -3.82. The van der Waals surface area contributed by atoms with Gasteiger partial charge in [-0.1, -0.05) is 218 Å². The number of anilines is 2. The van der Waals surface area contributed by atoms with E-state index in [0.717, 1.165) is 159 Å². The second-order valence-corrected chi connectivity index (χ2v) is 48.6. The van der Waals surface area contributed by atoms with Gasteiger partial charge in [-0.25, -0.2) is 44.7 Å². The summed E-state index contributed by atoms with van der Waals surface area (Å²) in [6.07, 6.45) is 23.6. The zero-order valence-corrected chi connectivity index (χ0v) is 86.0. The number of benzene rings is 8. The Balaban J connectivity index is 0.000000125. The van der Waals surface area contributed by atoms with E-state index in [2.05, 4.69) is 280 Å². The van der Waals surface area contributed by atoms with Gasteiger partial charge in [-0.15, -0.1) is 22.7 Å². The first-order valence-corrected chi connectivity index (χ1v) is 58.6. The molecule has 21 rings (SSSR count). The molecular weight excluding hydrogens is 2020 g/mol. The SMILES string of the molecule is CC1(C)OB(c2csc(N3CCCC3)n2)OC1(C)C.O=S(=O)(c1ccccc1)n1cc(-c2csc(N3CCCC3)n2)c2cc(C3CCC(N4CCCOCC4)CC3)cnc21.O=S(=O)(c1ccccc1)n1cc(I)c2cc(C3CCC(N4CCCOCC4)CC3)cnc21.[Cl][Pd][Cl].c1ccc(P(c2ccccc2)c2ccccc2)cc1.c1ccc(P(c2ccccc2)c2ccccc2)cc1. The fraction of sp³-hybridized carbons (Fsp3) is 0.346. The average Bonchev–Trinajstić information content (AvgIpc) is 1.58. The van der Waals surface area contributed by atoms with E-state index in [9.17, 15) is 16.8 Å². The van der Waals surface area contributed by atoms with Crippen LogP contribution in [-0.4, -0.2) is 164 Å². The summed E-state index contributed by atoms with van der Waals surface area (Å²) >= 11 is 5.43. The fourth-order valence-corrected chi connectivity index (χ4v) is 28.5.